The predicted octanol–water partition coefficient (Wildman–Crippen LogP) is 1.86. The van der Waals surface area contributed by atoms with Crippen LogP contribution in [0.25, 0.3) is 10.9 Å². The van der Waals surface area contributed by atoms with Crippen LogP contribution in [0.2, 0.25) is 0 Å². The third-order valence-electron chi connectivity index (χ3n) is 3.79. The monoisotopic (exact) mass is 309 g/mol. The zero-order valence-corrected chi connectivity index (χ0v) is 11.8. The lowest BCUT2D eigenvalue weighted by atomic mass is 9.92. The lowest BCUT2D eigenvalue weighted by Crippen LogP contribution is -2.86. The van der Waals surface area contributed by atoms with Gasteiger partial charge in [0.15, 0.2) is 0 Å². The van der Waals surface area contributed by atoms with Crippen molar-refractivity contribution < 1.29 is 10.4 Å². The maximum Gasteiger partial charge on any atom is 0.127 e. The summed E-state index contributed by atoms with van der Waals surface area (Å²) < 4.78 is 1.14. The van der Waals surface area contributed by atoms with Crippen molar-refractivity contribution in [2.24, 2.45) is 0 Å². The number of aryl methyl sites for hydroxylation is 1. The number of rotatable bonds is 3. The van der Waals surface area contributed by atoms with Crippen LogP contribution in [0.5, 0.6) is 0 Å². The highest BCUT2D eigenvalue weighted by Crippen LogP contribution is 2.34. The van der Waals surface area contributed by atoms with Crippen LogP contribution in [0.15, 0.2) is 22.7 Å². The molecule has 0 aliphatic heterocycles. The predicted molar refractivity (Wildman–Crippen MR) is 75.6 cm³/mol. The second-order valence-electron chi connectivity index (χ2n) is 4.95. The minimum absolute atomic E-state index is 0.248. The minimum Gasteiger partial charge on any atom is -0.391 e. The highest BCUT2D eigenvalue weighted by Gasteiger charge is 2.26. The molecule has 0 bridgehead atoms. The molecule has 0 radical (unpaired) electrons. The summed E-state index contributed by atoms with van der Waals surface area (Å²) in [7, 11) is 0. The number of aromatic amines is 1. The molecule has 1 atom stereocenters. The van der Waals surface area contributed by atoms with Crippen LogP contribution in [0, 0.1) is 0 Å². The van der Waals surface area contributed by atoms with Gasteiger partial charge in [0, 0.05) is 21.8 Å². The molecule has 3 rings (SSSR count). The maximum absolute atomic E-state index is 8.97. The largest absolute Gasteiger partial charge is 0.391 e. The molecular weight excluding hydrogens is 292 g/mol. The number of nitrogens with one attached hydrogen (secondary N) is 1. The Hall–Kier alpha value is -0.840. The van der Waals surface area contributed by atoms with Gasteiger partial charge in [-0.2, -0.15) is 0 Å². The molecule has 1 aromatic carbocycles. The number of aromatic nitrogens is 1. The Balaban J connectivity index is 2.04. The average Bonchev–Trinajstić information content (AvgIpc) is 2.75. The van der Waals surface area contributed by atoms with Crippen molar-refractivity contribution in [1.29, 1.82) is 0 Å². The Kier molecular flexibility index (Phi) is 3.41. The molecule has 0 fully saturated rings. The van der Waals surface area contributed by atoms with Gasteiger partial charge in [-0.1, -0.05) is 15.9 Å². The molecule has 4 heteroatoms. The van der Waals surface area contributed by atoms with E-state index < -0.39 is 0 Å². The molecule has 96 valence electrons. The van der Waals surface area contributed by atoms with Crippen LogP contribution in [0.1, 0.15) is 30.1 Å². The van der Waals surface area contributed by atoms with Crippen LogP contribution in [-0.2, 0) is 6.42 Å². The fourth-order valence-corrected chi connectivity index (χ4v) is 3.34. The van der Waals surface area contributed by atoms with Crippen LogP contribution in [-0.4, -0.2) is 23.2 Å². The van der Waals surface area contributed by atoms with Crippen molar-refractivity contribution in [1.82, 2.24) is 4.98 Å². The van der Waals surface area contributed by atoms with E-state index in [0.717, 1.165) is 17.4 Å². The molecule has 0 amide bonds. The highest BCUT2D eigenvalue weighted by molar-refractivity contribution is 9.10. The Morgan fingerprint density at radius 1 is 1.44 bits per heavy atom. The number of halogens is 1. The Labute approximate surface area is 115 Å². The summed E-state index contributed by atoms with van der Waals surface area (Å²) in [5.41, 5.74) is 4.06. The van der Waals surface area contributed by atoms with E-state index in [1.165, 1.54) is 35.0 Å². The third-order valence-corrected chi connectivity index (χ3v) is 4.29. The number of aliphatic hydroxyl groups is 1. The van der Waals surface area contributed by atoms with E-state index >= 15 is 0 Å². The minimum atomic E-state index is 0.248. The molecule has 4 N–H and O–H groups in total. The maximum atomic E-state index is 8.97. The number of fused-ring (bicyclic) bond motifs is 3. The summed E-state index contributed by atoms with van der Waals surface area (Å²) >= 11 is 3.55. The SMILES string of the molecule is OCC[NH2+]C1CCCc2c1[nH]c1ccc(Br)cc21. The quantitative estimate of drug-likeness (QED) is 0.796. The Bertz CT molecular complexity index is 564. The molecule has 1 aromatic heterocycles. The van der Waals surface area contributed by atoms with Crippen LogP contribution in [0.3, 0.4) is 0 Å². The van der Waals surface area contributed by atoms with Crippen molar-refractivity contribution in [2.75, 3.05) is 13.2 Å². The lowest BCUT2D eigenvalue weighted by Gasteiger charge is -2.20. The molecule has 0 spiro atoms. The summed E-state index contributed by atoms with van der Waals surface area (Å²) in [5, 5.41) is 12.6. The number of benzene rings is 1. The number of nitrogens with two attached hydrogens (primary N) is 1. The molecule has 3 nitrogen and oxygen atoms in total. The molecule has 1 aliphatic carbocycles. The molecule has 1 unspecified atom stereocenters. The summed E-state index contributed by atoms with van der Waals surface area (Å²) in [4.78, 5) is 3.57. The lowest BCUT2D eigenvalue weighted by molar-refractivity contribution is -0.698. The Morgan fingerprint density at radius 2 is 2.33 bits per heavy atom. The fraction of sp³-hybridized carbons (Fsp3) is 0.429. The first-order chi connectivity index (χ1) is 8.79. The van der Waals surface area contributed by atoms with E-state index in [4.69, 9.17) is 5.11 Å². The average molecular weight is 310 g/mol. The van der Waals surface area contributed by atoms with Gasteiger partial charge in [-0.3, -0.25) is 0 Å². The Morgan fingerprint density at radius 3 is 3.17 bits per heavy atom. The molecule has 2 aromatic rings. The van der Waals surface area contributed by atoms with E-state index in [9.17, 15) is 0 Å². The van der Waals surface area contributed by atoms with Crippen molar-refractivity contribution >= 4 is 26.8 Å². The van der Waals surface area contributed by atoms with Gasteiger partial charge in [-0.25, -0.2) is 0 Å². The topological polar surface area (TPSA) is 52.6 Å². The van der Waals surface area contributed by atoms with Gasteiger partial charge >= 0.3 is 0 Å². The van der Waals surface area contributed by atoms with Gasteiger partial charge in [0.05, 0.1) is 18.8 Å². The van der Waals surface area contributed by atoms with Gasteiger partial charge in [-0.15, -0.1) is 0 Å². The second kappa shape index (κ2) is 5.03. The van der Waals surface area contributed by atoms with E-state index in [-0.39, 0.29) is 6.61 Å². The van der Waals surface area contributed by atoms with Crippen LogP contribution < -0.4 is 5.32 Å². The number of hydrogen-bond donors (Lipinski definition) is 3. The van der Waals surface area contributed by atoms with Gasteiger partial charge < -0.3 is 15.4 Å². The second-order valence-corrected chi connectivity index (χ2v) is 5.87. The van der Waals surface area contributed by atoms with E-state index in [2.05, 4.69) is 44.4 Å². The van der Waals surface area contributed by atoms with Crippen molar-refractivity contribution in [3.05, 3.63) is 33.9 Å². The first-order valence-corrected chi connectivity index (χ1v) is 7.33. The molecule has 0 saturated carbocycles. The van der Waals surface area contributed by atoms with Gasteiger partial charge in [-0.05, 0) is 36.6 Å². The van der Waals surface area contributed by atoms with Crippen molar-refractivity contribution in [3.8, 4) is 0 Å². The molecule has 1 heterocycles. The highest BCUT2D eigenvalue weighted by atomic mass is 79.9. The third kappa shape index (κ3) is 2.09. The molecule has 1 aliphatic rings. The molecule has 0 saturated heterocycles. The van der Waals surface area contributed by atoms with Gasteiger partial charge in [0.1, 0.15) is 6.04 Å². The van der Waals surface area contributed by atoms with Crippen LogP contribution >= 0.6 is 15.9 Å². The smallest absolute Gasteiger partial charge is 0.127 e. The summed E-state index contributed by atoms with van der Waals surface area (Å²) in [6.07, 6.45) is 3.59. The van der Waals surface area contributed by atoms with E-state index in [1.54, 1.807) is 0 Å². The van der Waals surface area contributed by atoms with Gasteiger partial charge in [0.25, 0.3) is 0 Å². The first-order valence-electron chi connectivity index (χ1n) is 6.54. The molecule has 18 heavy (non-hydrogen) atoms. The standard InChI is InChI=1S/C14H17BrN2O/c15-9-4-5-12-11(8-9)10-2-1-3-13(14(10)17-12)16-6-7-18/h4-5,8,13,16-18H,1-3,6-7H2/p+1. The summed E-state index contributed by atoms with van der Waals surface area (Å²) in [6.45, 7) is 1.03. The zero-order chi connectivity index (χ0) is 12.5. The van der Waals surface area contributed by atoms with Crippen molar-refractivity contribution in [3.63, 3.8) is 0 Å². The summed E-state index contributed by atoms with van der Waals surface area (Å²) in [5.74, 6) is 0. The van der Waals surface area contributed by atoms with Crippen molar-refractivity contribution in [2.45, 2.75) is 25.3 Å². The number of H-pyrrole nitrogens is 1. The zero-order valence-electron chi connectivity index (χ0n) is 10.2. The fourth-order valence-electron chi connectivity index (χ4n) is 2.98. The van der Waals surface area contributed by atoms with E-state index in [0.29, 0.717) is 6.04 Å². The summed E-state index contributed by atoms with van der Waals surface area (Å²) in [6, 6.07) is 6.91. The molecular formula is C14H18BrN2O+. The first kappa shape index (κ1) is 12.2. The van der Waals surface area contributed by atoms with Crippen LogP contribution in [0.4, 0.5) is 0 Å². The van der Waals surface area contributed by atoms with Gasteiger partial charge in [0.2, 0.25) is 0 Å². The van der Waals surface area contributed by atoms with E-state index in [1.807, 2.05) is 0 Å². The normalized spacial score (nSPS) is 19.1. The number of aliphatic hydroxyl groups excluding tert-OH is 1. The number of quaternary nitrogens is 1. The number of hydrogen-bond acceptors (Lipinski definition) is 1.